The first-order valence-electron chi connectivity index (χ1n) is 7.81. The van der Waals surface area contributed by atoms with Gasteiger partial charge in [-0.05, 0) is 25.1 Å². The molecular formula is C19H18ClN3O2. The lowest BCUT2D eigenvalue weighted by atomic mass is 10.1. The molecule has 3 rings (SSSR count). The second kappa shape index (κ2) is 7.40. The number of benzene rings is 2. The third-order valence-electron chi connectivity index (χ3n) is 4.03. The Morgan fingerprint density at radius 3 is 2.76 bits per heavy atom. The van der Waals surface area contributed by atoms with Gasteiger partial charge in [0, 0.05) is 29.2 Å². The van der Waals surface area contributed by atoms with E-state index in [0.717, 1.165) is 22.2 Å². The fourth-order valence-electron chi connectivity index (χ4n) is 2.62. The first kappa shape index (κ1) is 17.0. The lowest BCUT2D eigenvalue weighted by Gasteiger charge is -2.06. The highest BCUT2D eigenvalue weighted by Crippen LogP contribution is 2.23. The van der Waals surface area contributed by atoms with Crippen LogP contribution in [0.3, 0.4) is 0 Å². The number of aromatic nitrogens is 1. The van der Waals surface area contributed by atoms with Gasteiger partial charge in [0.15, 0.2) is 6.61 Å². The Morgan fingerprint density at radius 2 is 1.96 bits per heavy atom. The van der Waals surface area contributed by atoms with Crippen molar-refractivity contribution in [1.82, 2.24) is 9.99 Å². The number of halogens is 1. The highest BCUT2D eigenvalue weighted by Gasteiger charge is 2.09. The standard InChI is InChI=1S/C19H18ClN3O2/c1-13-15(14-7-3-5-9-17(14)23(13)2)11-21-22-19(24)12-25-18-10-6-4-8-16(18)20/h3-11H,12H2,1-2H3,(H,22,24)/b21-11-. The van der Waals surface area contributed by atoms with Gasteiger partial charge in [0.25, 0.3) is 5.91 Å². The summed E-state index contributed by atoms with van der Waals surface area (Å²) in [5, 5.41) is 5.60. The third-order valence-corrected chi connectivity index (χ3v) is 4.34. The number of ether oxygens (including phenoxy) is 1. The number of nitrogens with one attached hydrogen (secondary N) is 1. The van der Waals surface area contributed by atoms with Crippen molar-refractivity contribution < 1.29 is 9.53 Å². The van der Waals surface area contributed by atoms with Crippen molar-refractivity contribution >= 4 is 34.6 Å². The van der Waals surface area contributed by atoms with Crippen molar-refractivity contribution in [1.29, 1.82) is 0 Å². The molecule has 1 N–H and O–H groups in total. The number of hydrogen-bond donors (Lipinski definition) is 1. The van der Waals surface area contributed by atoms with E-state index in [1.807, 2.05) is 32.2 Å². The molecule has 1 heterocycles. The van der Waals surface area contributed by atoms with E-state index >= 15 is 0 Å². The Labute approximate surface area is 150 Å². The maximum absolute atomic E-state index is 11.9. The Bertz CT molecular complexity index is 947. The van der Waals surface area contributed by atoms with Gasteiger partial charge in [-0.25, -0.2) is 5.43 Å². The highest BCUT2D eigenvalue weighted by atomic mass is 35.5. The molecule has 0 aliphatic carbocycles. The summed E-state index contributed by atoms with van der Waals surface area (Å²) >= 11 is 5.98. The number of carbonyl (C=O) groups is 1. The lowest BCUT2D eigenvalue weighted by Crippen LogP contribution is -2.24. The van der Waals surface area contributed by atoms with Crippen molar-refractivity contribution in [3.05, 3.63) is 64.8 Å². The van der Waals surface area contributed by atoms with E-state index in [4.69, 9.17) is 16.3 Å². The van der Waals surface area contributed by atoms with Crippen LogP contribution in [0.1, 0.15) is 11.3 Å². The number of aryl methyl sites for hydroxylation is 1. The zero-order valence-electron chi connectivity index (χ0n) is 14.0. The molecule has 0 unspecified atom stereocenters. The van der Waals surface area contributed by atoms with Gasteiger partial charge in [0.2, 0.25) is 0 Å². The minimum absolute atomic E-state index is 0.157. The monoisotopic (exact) mass is 355 g/mol. The highest BCUT2D eigenvalue weighted by molar-refractivity contribution is 6.32. The topological polar surface area (TPSA) is 55.6 Å². The van der Waals surface area contributed by atoms with Crippen molar-refractivity contribution in [2.45, 2.75) is 6.92 Å². The summed E-state index contributed by atoms with van der Waals surface area (Å²) in [5.41, 5.74) is 5.65. The van der Waals surface area contributed by atoms with Crippen molar-refractivity contribution in [2.24, 2.45) is 12.1 Å². The van der Waals surface area contributed by atoms with Gasteiger partial charge in [-0.3, -0.25) is 4.79 Å². The molecule has 0 aliphatic heterocycles. The van der Waals surface area contributed by atoms with Crippen LogP contribution < -0.4 is 10.2 Å². The minimum Gasteiger partial charge on any atom is -0.482 e. The SMILES string of the molecule is Cc1c(/C=N\NC(=O)COc2ccccc2Cl)c2ccccc2n1C. The number of nitrogens with zero attached hydrogens (tertiary/aromatic N) is 2. The van der Waals surface area contributed by atoms with E-state index in [0.29, 0.717) is 10.8 Å². The smallest absolute Gasteiger partial charge is 0.277 e. The molecule has 0 saturated heterocycles. The van der Waals surface area contributed by atoms with Crippen LogP contribution in [-0.2, 0) is 11.8 Å². The van der Waals surface area contributed by atoms with E-state index in [-0.39, 0.29) is 12.5 Å². The first-order valence-corrected chi connectivity index (χ1v) is 8.19. The van der Waals surface area contributed by atoms with Crippen LogP contribution in [0.25, 0.3) is 10.9 Å². The van der Waals surface area contributed by atoms with E-state index in [9.17, 15) is 4.79 Å². The zero-order chi connectivity index (χ0) is 17.8. The largest absolute Gasteiger partial charge is 0.482 e. The van der Waals surface area contributed by atoms with Gasteiger partial charge >= 0.3 is 0 Å². The van der Waals surface area contributed by atoms with Gasteiger partial charge in [0.1, 0.15) is 5.75 Å². The molecule has 1 amide bonds. The molecule has 0 fully saturated rings. The number of rotatable bonds is 5. The van der Waals surface area contributed by atoms with Crippen LogP contribution in [0.2, 0.25) is 5.02 Å². The van der Waals surface area contributed by atoms with E-state index in [1.165, 1.54) is 0 Å². The maximum atomic E-state index is 11.9. The summed E-state index contributed by atoms with van der Waals surface area (Å²) in [6.07, 6.45) is 1.66. The van der Waals surface area contributed by atoms with Crippen LogP contribution in [0.4, 0.5) is 0 Å². The predicted molar refractivity (Wildman–Crippen MR) is 100 cm³/mol. The van der Waals surface area contributed by atoms with Gasteiger partial charge in [-0.1, -0.05) is 41.9 Å². The summed E-state index contributed by atoms with van der Waals surface area (Å²) in [6, 6.07) is 15.1. The molecule has 6 heteroatoms. The predicted octanol–water partition coefficient (Wildman–Crippen LogP) is 3.67. The molecule has 0 atom stereocenters. The number of amides is 1. The Hall–Kier alpha value is -2.79. The summed E-state index contributed by atoms with van der Waals surface area (Å²) in [5.74, 6) is 0.113. The number of hydrazone groups is 1. The molecule has 128 valence electrons. The fourth-order valence-corrected chi connectivity index (χ4v) is 2.81. The molecule has 0 bridgehead atoms. The molecule has 0 radical (unpaired) electrons. The van der Waals surface area contributed by atoms with Crippen LogP contribution in [-0.4, -0.2) is 23.3 Å². The van der Waals surface area contributed by atoms with Crippen LogP contribution in [0.5, 0.6) is 5.75 Å². The molecule has 0 aliphatic rings. The van der Waals surface area contributed by atoms with E-state index in [1.54, 1.807) is 30.5 Å². The number of hydrogen-bond acceptors (Lipinski definition) is 3. The van der Waals surface area contributed by atoms with Gasteiger partial charge in [-0.15, -0.1) is 0 Å². The normalized spacial score (nSPS) is 11.2. The maximum Gasteiger partial charge on any atom is 0.277 e. The van der Waals surface area contributed by atoms with Crippen molar-refractivity contribution in [3.8, 4) is 5.75 Å². The molecule has 0 saturated carbocycles. The van der Waals surface area contributed by atoms with Gasteiger partial charge < -0.3 is 9.30 Å². The number of carbonyl (C=O) groups excluding carboxylic acids is 1. The van der Waals surface area contributed by atoms with Crippen molar-refractivity contribution in [3.63, 3.8) is 0 Å². The fraction of sp³-hybridized carbons (Fsp3) is 0.158. The second-order valence-electron chi connectivity index (χ2n) is 5.59. The van der Waals surface area contributed by atoms with Gasteiger partial charge in [-0.2, -0.15) is 5.10 Å². The van der Waals surface area contributed by atoms with Gasteiger partial charge in [0.05, 0.1) is 11.2 Å². The molecule has 1 aromatic heterocycles. The molecule has 25 heavy (non-hydrogen) atoms. The molecule has 0 spiro atoms. The molecule has 2 aromatic carbocycles. The summed E-state index contributed by atoms with van der Waals surface area (Å²) in [7, 11) is 2.00. The van der Waals surface area contributed by atoms with E-state index in [2.05, 4.69) is 21.2 Å². The average molecular weight is 356 g/mol. The minimum atomic E-state index is -0.353. The van der Waals surface area contributed by atoms with Crippen LogP contribution in [0, 0.1) is 6.92 Å². The number of para-hydroxylation sites is 2. The number of fused-ring (bicyclic) bond motifs is 1. The van der Waals surface area contributed by atoms with Crippen molar-refractivity contribution in [2.75, 3.05) is 6.61 Å². The lowest BCUT2D eigenvalue weighted by molar-refractivity contribution is -0.123. The first-order chi connectivity index (χ1) is 12.1. The van der Waals surface area contributed by atoms with E-state index < -0.39 is 0 Å². The Balaban J connectivity index is 1.65. The quantitative estimate of drug-likeness (QED) is 0.561. The Morgan fingerprint density at radius 1 is 1.24 bits per heavy atom. The second-order valence-corrected chi connectivity index (χ2v) is 5.99. The summed E-state index contributed by atoms with van der Waals surface area (Å²) in [4.78, 5) is 11.9. The molecule has 5 nitrogen and oxygen atoms in total. The van der Waals surface area contributed by atoms with Crippen LogP contribution >= 0.6 is 11.6 Å². The zero-order valence-corrected chi connectivity index (χ0v) is 14.7. The summed E-state index contributed by atoms with van der Waals surface area (Å²) < 4.78 is 7.47. The molecule has 3 aromatic rings. The molecular weight excluding hydrogens is 338 g/mol. The average Bonchev–Trinajstić information content (AvgIpc) is 2.86. The third kappa shape index (κ3) is 3.67. The summed E-state index contributed by atoms with van der Waals surface area (Å²) in [6.45, 7) is 1.86. The Kier molecular flexibility index (Phi) is 5.05. The van der Waals surface area contributed by atoms with Crippen LogP contribution in [0.15, 0.2) is 53.6 Å².